The predicted octanol–water partition coefficient (Wildman–Crippen LogP) is 5.31. The number of aliphatic carboxylic acids is 1. The number of hydrogen-bond acceptors (Lipinski definition) is 3. The molecule has 2 N–H and O–H groups in total. The lowest BCUT2D eigenvalue weighted by Gasteiger charge is -2.21. The molecule has 0 aliphatic heterocycles. The van der Waals surface area contributed by atoms with Gasteiger partial charge in [0, 0.05) is 23.3 Å². The van der Waals surface area contributed by atoms with Crippen molar-refractivity contribution >= 4 is 17.0 Å². The number of rotatable bonds is 8. The SMILES string of the molecule is CC#CC(CC(=O)O)c1ccc(OC(CC(C)C)c2cnc3[nH]ccc3c2)cc1. The van der Waals surface area contributed by atoms with E-state index < -0.39 is 5.97 Å². The topological polar surface area (TPSA) is 75.2 Å². The summed E-state index contributed by atoms with van der Waals surface area (Å²) in [5, 5.41) is 10.2. The molecule has 0 saturated carbocycles. The minimum Gasteiger partial charge on any atom is -0.486 e. The Morgan fingerprint density at radius 1 is 1.21 bits per heavy atom. The van der Waals surface area contributed by atoms with Gasteiger partial charge in [-0.15, -0.1) is 5.92 Å². The highest BCUT2D eigenvalue weighted by molar-refractivity contribution is 5.75. The maximum absolute atomic E-state index is 11.1. The van der Waals surface area contributed by atoms with E-state index in [1.54, 1.807) is 6.92 Å². The Hall–Kier alpha value is -3.26. The van der Waals surface area contributed by atoms with Crippen LogP contribution in [0.25, 0.3) is 11.0 Å². The third-order valence-corrected chi connectivity index (χ3v) is 4.74. The van der Waals surface area contributed by atoms with Crippen molar-refractivity contribution in [2.45, 2.75) is 45.6 Å². The van der Waals surface area contributed by atoms with Gasteiger partial charge >= 0.3 is 5.97 Å². The number of aromatic amines is 1. The summed E-state index contributed by atoms with van der Waals surface area (Å²) in [6, 6.07) is 11.7. The van der Waals surface area contributed by atoms with Crippen LogP contribution in [-0.2, 0) is 4.79 Å². The monoisotopic (exact) mass is 390 g/mol. The number of benzene rings is 1. The van der Waals surface area contributed by atoms with E-state index in [9.17, 15) is 4.79 Å². The third-order valence-electron chi connectivity index (χ3n) is 4.74. The summed E-state index contributed by atoms with van der Waals surface area (Å²) >= 11 is 0. The average molecular weight is 390 g/mol. The second kappa shape index (κ2) is 9.29. The molecule has 5 heteroatoms. The lowest BCUT2D eigenvalue weighted by atomic mass is 9.96. The summed E-state index contributed by atoms with van der Waals surface area (Å²) in [7, 11) is 0. The predicted molar refractivity (Wildman–Crippen MR) is 114 cm³/mol. The molecule has 150 valence electrons. The normalized spacial score (nSPS) is 13.0. The molecule has 2 unspecified atom stereocenters. The number of nitrogens with zero attached hydrogens (tertiary/aromatic N) is 1. The van der Waals surface area contributed by atoms with Crippen LogP contribution in [0.3, 0.4) is 0 Å². The van der Waals surface area contributed by atoms with Gasteiger partial charge in [-0.1, -0.05) is 31.9 Å². The molecule has 0 radical (unpaired) electrons. The highest BCUT2D eigenvalue weighted by Crippen LogP contribution is 2.30. The van der Waals surface area contributed by atoms with Crippen LogP contribution < -0.4 is 4.74 Å². The summed E-state index contributed by atoms with van der Waals surface area (Å²) in [6.45, 7) is 6.06. The molecule has 2 atom stereocenters. The number of nitrogens with one attached hydrogen (secondary N) is 1. The number of aromatic nitrogens is 2. The van der Waals surface area contributed by atoms with E-state index in [0.29, 0.717) is 5.92 Å². The Bertz CT molecular complexity index is 1030. The van der Waals surface area contributed by atoms with E-state index >= 15 is 0 Å². The van der Waals surface area contributed by atoms with Gasteiger partial charge in [0.2, 0.25) is 0 Å². The Morgan fingerprint density at radius 2 is 1.97 bits per heavy atom. The lowest BCUT2D eigenvalue weighted by molar-refractivity contribution is -0.137. The smallest absolute Gasteiger partial charge is 0.304 e. The fourth-order valence-electron chi connectivity index (χ4n) is 3.36. The minimum absolute atomic E-state index is 0.0145. The Balaban J connectivity index is 1.81. The molecular weight excluding hydrogens is 364 g/mol. The van der Waals surface area contributed by atoms with Gasteiger partial charge in [-0.25, -0.2) is 4.98 Å². The highest BCUT2D eigenvalue weighted by Gasteiger charge is 2.18. The second-order valence-corrected chi connectivity index (χ2v) is 7.53. The number of fused-ring (bicyclic) bond motifs is 1. The molecule has 2 heterocycles. The van der Waals surface area contributed by atoms with E-state index in [2.05, 4.69) is 41.7 Å². The molecule has 0 spiro atoms. The molecule has 0 fully saturated rings. The molecule has 2 aromatic heterocycles. The number of carbonyl (C=O) groups is 1. The van der Waals surface area contributed by atoms with Crippen molar-refractivity contribution in [3.63, 3.8) is 0 Å². The Labute approximate surface area is 171 Å². The quantitative estimate of drug-likeness (QED) is 0.511. The van der Waals surface area contributed by atoms with Crippen LogP contribution in [0.4, 0.5) is 0 Å². The van der Waals surface area contributed by atoms with Crippen molar-refractivity contribution in [1.82, 2.24) is 9.97 Å². The second-order valence-electron chi connectivity index (χ2n) is 7.53. The van der Waals surface area contributed by atoms with E-state index in [4.69, 9.17) is 9.84 Å². The number of carboxylic acid groups (broad SMARTS) is 1. The molecule has 0 bridgehead atoms. The van der Waals surface area contributed by atoms with Crippen LogP contribution in [0.1, 0.15) is 56.8 Å². The minimum atomic E-state index is -0.859. The van der Waals surface area contributed by atoms with Gasteiger partial charge < -0.3 is 14.8 Å². The first-order valence-electron chi connectivity index (χ1n) is 9.80. The van der Waals surface area contributed by atoms with Gasteiger partial charge in [0.1, 0.15) is 17.5 Å². The van der Waals surface area contributed by atoms with Gasteiger partial charge in [-0.05, 0) is 49.1 Å². The van der Waals surface area contributed by atoms with Crippen molar-refractivity contribution in [2.24, 2.45) is 5.92 Å². The van der Waals surface area contributed by atoms with Crippen LogP contribution in [0.2, 0.25) is 0 Å². The summed E-state index contributed by atoms with van der Waals surface area (Å²) in [5.41, 5.74) is 2.78. The largest absolute Gasteiger partial charge is 0.486 e. The Kier molecular flexibility index (Phi) is 6.56. The summed E-state index contributed by atoms with van der Waals surface area (Å²) in [6.07, 6.45) is 4.48. The zero-order valence-electron chi connectivity index (χ0n) is 17.0. The molecule has 0 saturated heterocycles. The standard InChI is InChI=1S/C24H26N2O3/c1-4-5-18(14-23(27)28)17-6-8-21(9-7-17)29-22(12-16(2)3)20-13-19-10-11-25-24(19)26-15-20/h6-11,13,15-16,18,22H,12,14H2,1-3H3,(H,25,26)(H,27,28). The van der Waals surface area contributed by atoms with E-state index in [1.807, 2.05) is 42.7 Å². The zero-order valence-corrected chi connectivity index (χ0v) is 17.0. The van der Waals surface area contributed by atoms with Crippen molar-refractivity contribution in [3.05, 3.63) is 59.9 Å². The Morgan fingerprint density at radius 3 is 2.62 bits per heavy atom. The summed E-state index contributed by atoms with van der Waals surface area (Å²) < 4.78 is 6.31. The number of pyridine rings is 1. The summed E-state index contributed by atoms with van der Waals surface area (Å²) in [5.74, 6) is 5.82. The maximum atomic E-state index is 11.1. The lowest BCUT2D eigenvalue weighted by Crippen LogP contribution is -2.11. The first-order valence-corrected chi connectivity index (χ1v) is 9.80. The molecule has 1 aromatic carbocycles. The molecule has 0 amide bonds. The molecule has 0 aliphatic carbocycles. The number of H-pyrrole nitrogens is 1. The fraction of sp³-hybridized carbons (Fsp3) is 0.333. The number of hydrogen-bond donors (Lipinski definition) is 2. The highest BCUT2D eigenvalue weighted by atomic mass is 16.5. The summed E-state index contributed by atoms with van der Waals surface area (Å²) in [4.78, 5) is 18.7. The number of carboxylic acids is 1. The van der Waals surface area contributed by atoms with E-state index in [-0.39, 0.29) is 18.4 Å². The van der Waals surface area contributed by atoms with E-state index in [0.717, 1.165) is 34.3 Å². The van der Waals surface area contributed by atoms with Crippen molar-refractivity contribution < 1.29 is 14.6 Å². The maximum Gasteiger partial charge on any atom is 0.304 e. The van der Waals surface area contributed by atoms with Crippen LogP contribution in [0, 0.1) is 17.8 Å². The third kappa shape index (κ3) is 5.39. The zero-order chi connectivity index (χ0) is 20.8. The van der Waals surface area contributed by atoms with Crippen LogP contribution in [0.5, 0.6) is 5.75 Å². The average Bonchev–Trinajstić information content (AvgIpc) is 3.15. The molecular formula is C24H26N2O3. The van der Waals surface area contributed by atoms with E-state index in [1.165, 1.54) is 0 Å². The van der Waals surface area contributed by atoms with Crippen molar-refractivity contribution in [3.8, 4) is 17.6 Å². The fourth-order valence-corrected chi connectivity index (χ4v) is 3.36. The molecule has 29 heavy (non-hydrogen) atoms. The van der Waals surface area contributed by atoms with Crippen molar-refractivity contribution in [1.29, 1.82) is 0 Å². The van der Waals surface area contributed by atoms with Crippen LogP contribution in [-0.4, -0.2) is 21.0 Å². The van der Waals surface area contributed by atoms with Crippen molar-refractivity contribution in [2.75, 3.05) is 0 Å². The van der Waals surface area contributed by atoms with Crippen LogP contribution in [0.15, 0.2) is 48.8 Å². The van der Waals surface area contributed by atoms with Crippen LogP contribution >= 0.6 is 0 Å². The number of ether oxygens (including phenoxy) is 1. The van der Waals surface area contributed by atoms with Gasteiger partial charge in [0.15, 0.2) is 0 Å². The first-order chi connectivity index (χ1) is 14.0. The first kappa shape index (κ1) is 20.5. The molecule has 0 aliphatic rings. The van der Waals surface area contributed by atoms with Gasteiger partial charge in [0.05, 0.1) is 12.3 Å². The molecule has 3 aromatic rings. The van der Waals surface area contributed by atoms with Gasteiger partial charge in [0.25, 0.3) is 0 Å². The molecule has 3 rings (SSSR count). The molecule has 5 nitrogen and oxygen atoms in total. The van der Waals surface area contributed by atoms with Gasteiger partial charge in [-0.3, -0.25) is 4.79 Å². The van der Waals surface area contributed by atoms with Gasteiger partial charge in [-0.2, -0.15) is 0 Å².